The SMILES string of the molecule is COc1ccccc1C(Cl)c1ccc2c(c1)OCCO2. The van der Waals surface area contributed by atoms with E-state index in [0.717, 1.165) is 28.4 Å². The summed E-state index contributed by atoms with van der Waals surface area (Å²) in [6.45, 7) is 1.15. The first-order valence-corrected chi connectivity index (χ1v) is 6.90. The second-order valence-electron chi connectivity index (χ2n) is 4.51. The van der Waals surface area contributed by atoms with Gasteiger partial charge in [0.05, 0.1) is 12.5 Å². The van der Waals surface area contributed by atoms with E-state index in [1.807, 2.05) is 42.5 Å². The zero-order valence-corrected chi connectivity index (χ0v) is 11.9. The molecule has 0 N–H and O–H groups in total. The molecule has 0 radical (unpaired) electrons. The lowest BCUT2D eigenvalue weighted by Crippen LogP contribution is -2.15. The van der Waals surface area contributed by atoms with E-state index in [9.17, 15) is 0 Å². The predicted molar refractivity (Wildman–Crippen MR) is 78.1 cm³/mol. The van der Waals surface area contributed by atoms with Gasteiger partial charge in [-0.3, -0.25) is 0 Å². The topological polar surface area (TPSA) is 27.7 Å². The van der Waals surface area contributed by atoms with Crippen LogP contribution in [0, 0.1) is 0 Å². The Balaban J connectivity index is 1.96. The van der Waals surface area contributed by atoms with Crippen LogP contribution in [0.25, 0.3) is 0 Å². The molecular weight excluding hydrogens is 276 g/mol. The fourth-order valence-electron chi connectivity index (χ4n) is 2.27. The second-order valence-corrected chi connectivity index (χ2v) is 4.94. The number of benzene rings is 2. The number of alkyl halides is 1. The number of methoxy groups -OCH3 is 1. The second kappa shape index (κ2) is 5.63. The van der Waals surface area contributed by atoms with Crippen LogP contribution in [0.3, 0.4) is 0 Å². The summed E-state index contributed by atoms with van der Waals surface area (Å²) in [6, 6.07) is 13.5. The largest absolute Gasteiger partial charge is 0.496 e. The Kier molecular flexibility index (Phi) is 3.70. The van der Waals surface area contributed by atoms with Gasteiger partial charge in [0, 0.05) is 5.56 Å². The van der Waals surface area contributed by atoms with Crippen LogP contribution < -0.4 is 14.2 Å². The molecule has 3 nitrogen and oxygen atoms in total. The van der Waals surface area contributed by atoms with E-state index in [1.165, 1.54) is 0 Å². The van der Waals surface area contributed by atoms with Gasteiger partial charge >= 0.3 is 0 Å². The highest BCUT2D eigenvalue weighted by molar-refractivity contribution is 6.22. The van der Waals surface area contributed by atoms with Crippen molar-refractivity contribution in [3.05, 3.63) is 53.6 Å². The van der Waals surface area contributed by atoms with Crippen molar-refractivity contribution < 1.29 is 14.2 Å². The smallest absolute Gasteiger partial charge is 0.161 e. The normalized spacial score (nSPS) is 14.7. The van der Waals surface area contributed by atoms with Crippen LogP contribution in [0.2, 0.25) is 0 Å². The van der Waals surface area contributed by atoms with Crippen LogP contribution in [-0.4, -0.2) is 20.3 Å². The number of rotatable bonds is 3. The van der Waals surface area contributed by atoms with Crippen LogP contribution in [0.15, 0.2) is 42.5 Å². The molecule has 1 heterocycles. The van der Waals surface area contributed by atoms with E-state index in [2.05, 4.69) is 0 Å². The minimum atomic E-state index is -0.290. The van der Waals surface area contributed by atoms with Gasteiger partial charge in [-0.1, -0.05) is 24.3 Å². The molecule has 0 amide bonds. The first-order valence-electron chi connectivity index (χ1n) is 6.46. The zero-order valence-electron chi connectivity index (χ0n) is 11.1. The molecule has 2 aromatic rings. The van der Waals surface area contributed by atoms with E-state index < -0.39 is 0 Å². The molecule has 1 atom stereocenters. The molecule has 20 heavy (non-hydrogen) atoms. The number of hydrogen-bond acceptors (Lipinski definition) is 3. The van der Waals surface area contributed by atoms with Crippen LogP contribution in [0.4, 0.5) is 0 Å². The van der Waals surface area contributed by atoms with Crippen molar-refractivity contribution in [2.45, 2.75) is 5.38 Å². The average Bonchev–Trinajstić information content (AvgIpc) is 2.53. The molecule has 0 saturated heterocycles. The average molecular weight is 291 g/mol. The summed E-state index contributed by atoms with van der Waals surface area (Å²) in [5.74, 6) is 2.29. The third-order valence-corrected chi connectivity index (χ3v) is 3.76. The molecule has 104 valence electrons. The number of ether oxygens (including phenoxy) is 3. The van der Waals surface area contributed by atoms with E-state index in [0.29, 0.717) is 13.2 Å². The Morgan fingerprint density at radius 2 is 1.80 bits per heavy atom. The molecule has 1 aliphatic rings. The minimum absolute atomic E-state index is 0.290. The molecule has 0 fully saturated rings. The van der Waals surface area contributed by atoms with Crippen molar-refractivity contribution in [3.63, 3.8) is 0 Å². The van der Waals surface area contributed by atoms with Gasteiger partial charge in [-0.15, -0.1) is 11.6 Å². The molecule has 4 heteroatoms. The molecule has 2 aromatic carbocycles. The highest BCUT2D eigenvalue weighted by Gasteiger charge is 2.19. The van der Waals surface area contributed by atoms with Gasteiger partial charge in [0.15, 0.2) is 11.5 Å². The maximum Gasteiger partial charge on any atom is 0.161 e. The fraction of sp³-hybridized carbons (Fsp3) is 0.250. The maximum absolute atomic E-state index is 6.58. The van der Waals surface area contributed by atoms with Gasteiger partial charge in [0.25, 0.3) is 0 Å². The van der Waals surface area contributed by atoms with Crippen molar-refractivity contribution in [3.8, 4) is 17.2 Å². The Morgan fingerprint density at radius 1 is 1.05 bits per heavy atom. The molecule has 0 spiro atoms. The number of para-hydroxylation sites is 1. The van der Waals surface area contributed by atoms with Gasteiger partial charge in [-0.2, -0.15) is 0 Å². The molecule has 0 aromatic heterocycles. The highest BCUT2D eigenvalue weighted by Crippen LogP contribution is 2.39. The third kappa shape index (κ3) is 2.41. The van der Waals surface area contributed by atoms with E-state index in [1.54, 1.807) is 7.11 Å². The summed E-state index contributed by atoms with van der Waals surface area (Å²) in [7, 11) is 1.65. The number of fused-ring (bicyclic) bond motifs is 1. The first-order chi connectivity index (χ1) is 9.79. The monoisotopic (exact) mass is 290 g/mol. The zero-order chi connectivity index (χ0) is 13.9. The molecule has 0 bridgehead atoms. The Morgan fingerprint density at radius 3 is 2.60 bits per heavy atom. The summed E-state index contributed by atoms with van der Waals surface area (Å²) >= 11 is 6.58. The lowest BCUT2D eigenvalue weighted by atomic mass is 10.0. The molecule has 3 rings (SSSR count). The van der Waals surface area contributed by atoms with E-state index >= 15 is 0 Å². The van der Waals surface area contributed by atoms with Crippen molar-refractivity contribution in [1.29, 1.82) is 0 Å². The van der Waals surface area contributed by atoms with Crippen molar-refractivity contribution in [2.75, 3.05) is 20.3 Å². The van der Waals surface area contributed by atoms with Crippen molar-refractivity contribution in [1.82, 2.24) is 0 Å². The third-order valence-electron chi connectivity index (χ3n) is 3.27. The maximum atomic E-state index is 6.58. The summed E-state index contributed by atoms with van der Waals surface area (Å²) < 4.78 is 16.5. The standard InChI is InChI=1S/C16H15ClO3/c1-18-13-5-3-2-4-12(13)16(17)11-6-7-14-15(10-11)20-9-8-19-14/h2-7,10,16H,8-9H2,1H3. The minimum Gasteiger partial charge on any atom is -0.496 e. The van der Waals surface area contributed by atoms with Gasteiger partial charge in [0.1, 0.15) is 19.0 Å². The molecule has 1 aliphatic heterocycles. The first kappa shape index (κ1) is 13.1. The van der Waals surface area contributed by atoms with E-state index in [4.69, 9.17) is 25.8 Å². The van der Waals surface area contributed by atoms with Gasteiger partial charge < -0.3 is 14.2 Å². The van der Waals surface area contributed by atoms with Gasteiger partial charge in [-0.25, -0.2) is 0 Å². The summed E-state index contributed by atoms with van der Waals surface area (Å²) in [6.07, 6.45) is 0. The van der Waals surface area contributed by atoms with Crippen molar-refractivity contribution >= 4 is 11.6 Å². The molecule has 1 unspecified atom stereocenters. The molecule has 0 aliphatic carbocycles. The van der Waals surface area contributed by atoms with E-state index in [-0.39, 0.29) is 5.38 Å². The fourth-order valence-corrected chi connectivity index (χ4v) is 2.59. The Hall–Kier alpha value is -1.87. The molecule has 0 saturated carbocycles. The van der Waals surface area contributed by atoms with Crippen LogP contribution in [0.1, 0.15) is 16.5 Å². The van der Waals surface area contributed by atoms with Crippen LogP contribution in [-0.2, 0) is 0 Å². The number of hydrogen-bond donors (Lipinski definition) is 0. The number of halogens is 1. The molecular formula is C16H15ClO3. The van der Waals surface area contributed by atoms with Gasteiger partial charge in [0.2, 0.25) is 0 Å². The van der Waals surface area contributed by atoms with Crippen LogP contribution >= 0.6 is 11.6 Å². The lowest BCUT2D eigenvalue weighted by molar-refractivity contribution is 0.171. The quantitative estimate of drug-likeness (QED) is 0.805. The summed E-state index contributed by atoms with van der Waals surface area (Å²) in [5.41, 5.74) is 1.90. The summed E-state index contributed by atoms with van der Waals surface area (Å²) in [5, 5.41) is -0.290. The summed E-state index contributed by atoms with van der Waals surface area (Å²) in [4.78, 5) is 0. The predicted octanol–water partition coefficient (Wildman–Crippen LogP) is 3.79. The lowest BCUT2D eigenvalue weighted by Gasteiger charge is -2.20. The van der Waals surface area contributed by atoms with Gasteiger partial charge in [-0.05, 0) is 23.8 Å². The van der Waals surface area contributed by atoms with Crippen molar-refractivity contribution in [2.24, 2.45) is 0 Å². The highest BCUT2D eigenvalue weighted by atomic mass is 35.5. The Bertz CT molecular complexity index is 612. The van der Waals surface area contributed by atoms with Crippen LogP contribution in [0.5, 0.6) is 17.2 Å². The Labute approximate surface area is 123 Å².